The third kappa shape index (κ3) is 3.10. The maximum Gasteiger partial charge on any atom is 0.161 e. The minimum atomic E-state index is -0.309. The summed E-state index contributed by atoms with van der Waals surface area (Å²) >= 11 is 3.28. The normalized spacial score (nSPS) is 10.6. The Morgan fingerprint density at radius 3 is 2.58 bits per heavy atom. The maximum atomic E-state index is 13.4. The van der Waals surface area contributed by atoms with E-state index in [9.17, 15) is 4.39 Å². The highest BCUT2D eigenvalue weighted by atomic mass is 79.9. The number of nitrogens with one attached hydrogen (secondary N) is 1. The summed E-state index contributed by atoms with van der Waals surface area (Å²) in [7, 11) is 0. The number of aryl methyl sites for hydroxylation is 1. The maximum absolute atomic E-state index is 13.4. The summed E-state index contributed by atoms with van der Waals surface area (Å²) in [6, 6.07) is 4.66. The monoisotopic (exact) mass is 323 g/mol. The molecule has 1 heterocycles. The van der Waals surface area contributed by atoms with Crippen molar-refractivity contribution < 1.29 is 4.39 Å². The number of rotatable bonds is 3. The van der Waals surface area contributed by atoms with Crippen LogP contribution in [0, 0.1) is 19.7 Å². The molecule has 3 nitrogen and oxygen atoms in total. The van der Waals surface area contributed by atoms with E-state index < -0.39 is 0 Å². The van der Waals surface area contributed by atoms with Gasteiger partial charge in [0.1, 0.15) is 11.6 Å². The molecule has 0 amide bonds. The lowest BCUT2D eigenvalue weighted by atomic mass is 10.2. The van der Waals surface area contributed by atoms with Gasteiger partial charge in [0.15, 0.2) is 5.82 Å². The highest BCUT2D eigenvalue weighted by Gasteiger charge is 2.10. The second kappa shape index (κ2) is 5.65. The van der Waals surface area contributed by atoms with Crippen LogP contribution in [0.15, 0.2) is 22.7 Å². The molecule has 1 N–H and O–H groups in total. The Morgan fingerprint density at radius 2 is 1.95 bits per heavy atom. The van der Waals surface area contributed by atoms with Crippen LogP contribution in [-0.2, 0) is 0 Å². The van der Waals surface area contributed by atoms with Gasteiger partial charge in [-0.25, -0.2) is 14.4 Å². The average Bonchev–Trinajstić information content (AvgIpc) is 2.33. The largest absolute Gasteiger partial charge is 0.370 e. The fourth-order valence-corrected chi connectivity index (χ4v) is 2.25. The van der Waals surface area contributed by atoms with Crippen LogP contribution in [0.2, 0.25) is 0 Å². The quantitative estimate of drug-likeness (QED) is 0.924. The molecule has 0 radical (unpaired) electrons. The number of hydrogen-bond donors (Lipinski definition) is 1. The molecule has 5 heteroatoms. The number of hydrogen-bond acceptors (Lipinski definition) is 3. The third-order valence-corrected chi connectivity index (χ3v) is 3.31. The van der Waals surface area contributed by atoms with E-state index in [1.807, 2.05) is 26.8 Å². The molecular formula is C14H15BrFN3. The van der Waals surface area contributed by atoms with Gasteiger partial charge in [-0.2, -0.15) is 0 Å². The van der Waals surface area contributed by atoms with E-state index in [1.54, 1.807) is 0 Å². The molecule has 0 aliphatic rings. The predicted octanol–water partition coefficient (Wildman–Crippen LogP) is 4.09. The molecule has 0 saturated carbocycles. The molecular weight excluding hydrogens is 309 g/mol. The van der Waals surface area contributed by atoms with Crippen LogP contribution in [0.5, 0.6) is 0 Å². The van der Waals surface area contributed by atoms with Gasteiger partial charge in [0.2, 0.25) is 0 Å². The molecule has 2 aromatic rings. The first-order valence-electron chi connectivity index (χ1n) is 6.07. The summed E-state index contributed by atoms with van der Waals surface area (Å²) in [5.41, 5.74) is 2.57. The van der Waals surface area contributed by atoms with Crippen molar-refractivity contribution in [1.29, 1.82) is 0 Å². The molecule has 0 saturated heterocycles. The lowest BCUT2D eigenvalue weighted by molar-refractivity contribution is 0.627. The van der Waals surface area contributed by atoms with Crippen LogP contribution >= 0.6 is 15.9 Å². The summed E-state index contributed by atoms with van der Waals surface area (Å²) < 4.78 is 14.1. The van der Waals surface area contributed by atoms with E-state index >= 15 is 0 Å². The summed E-state index contributed by atoms with van der Waals surface area (Å²) in [5, 5.41) is 3.20. The Morgan fingerprint density at radius 1 is 1.21 bits per heavy atom. The number of nitrogens with zero attached hydrogens (tertiary/aromatic N) is 2. The van der Waals surface area contributed by atoms with Gasteiger partial charge in [-0.1, -0.05) is 15.9 Å². The second-order valence-corrected chi connectivity index (χ2v) is 5.21. The van der Waals surface area contributed by atoms with Crippen molar-refractivity contribution in [2.45, 2.75) is 20.8 Å². The fourth-order valence-electron chi connectivity index (χ4n) is 1.78. The molecule has 100 valence electrons. The smallest absolute Gasteiger partial charge is 0.161 e. The van der Waals surface area contributed by atoms with Crippen molar-refractivity contribution in [3.05, 3.63) is 39.7 Å². The first-order chi connectivity index (χ1) is 9.01. The van der Waals surface area contributed by atoms with Crippen molar-refractivity contribution >= 4 is 21.7 Å². The Bertz CT molecular complexity index is 594. The van der Waals surface area contributed by atoms with Gasteiger partial charge in [0, 0.05) is 27.8 Å². The van der Waals surface area contributed by atoms with Gasteiger partial charge < -0.3 is 5.32 Å². The Balaban J connectivity index is 2.55. The van der Waals surface area contributed by atoms with Crippen molar-refractivity contribution in [2.75, 3.05) is 11.9 Å². The van der Waals surface area contributed by atoms with E-state index in [1.165, 1.54) is 12.1 Å². The molecule has 0 spiro atoms. The van der Waals surface area contributed by atoms with Gasteiger partial charge in [0.05, 0.1) is 0 Å². The molecule has 1 aromatic heterocycles. The topological polar surface area (TPSA) is 37.8 Å². The molecule has 0 unspecified atom stereocenters. The first kappa shape index (κ1) is 13.9. The molecule has 1 aromatic carbocycles. The van der Waals surface area contributed by atoms with Crippen molar-refractivity contribution in [2.24, 2.45) is 0 Å². The zero-order chi connectivity index (χ0) is 14.0. The molecule has 0 fully saturated rings. The van der Waals surface area contributed by atoms with Crippen LogP contribution in [0.25, 0.3) is 11.4 Å². The number of aromatic nitrogens is 2. The highest BCUT2D eigenvalue weighted by Crippen LogP contribution is 2.25. The Kier molecular flexibility index (Phi) is 4.14. The standard InChI is InChI=1S/C14H15BrFN3/c1-4-17-13-8(2)9(3)18-14(19-13)10-5-11(15)7-12(16)6-10/h5-7H,4H2,1-3H3,(H,17,18,19). The lowest BCUT2D eigenvalue weighted by Crippen LogP contribution is -2.06. The van der Waals surface area contributed by atoms with E-state index in [4.69, 9.17) is 0 Å². The van der Waals surface area contributed by atoms with Crippen LogP contribution in [0.1, 0.15) is 18.2 Å². The van der Waals surface area contributed by atoms with Crippen LogP contribution in [0.3, 0.4) is 0 Å². The van der Waals surface area contributed by atoms with Gasteiger partial charge in [0.25, 0.3) is 0 Å². The van der Waals surface area contributed by atoms with Crippen molar-refractivity contribution in [3.63, 3.8) is 0 Å². The summed E-state index contributed by atoms with van der Waals surface area (Å²) in [5.74, 6) is 1.01. The Hall–Kier alpha value is -1.49. The average molecular weight is 324 g/mol. The SMILES string of the molecule is CCNc1nc(-c2cc(F)cc(Br)c2)nc(C)c1C. The molecule has 2 rings (SSSR count). The van der Waals surface area contributed by atoms with Crippen molar-refractivity contribution in [1.82, 2.24) is 9.97 Å². The molecule has 0 aliphatic carbocycles. The number of halogens is 2. The van der Waals surface area contributed by atoms with E-state index in [-0.39, 0.29) is 5.82 Å². The zero-order valence-corrected chi connectivity index (χ0v) is 12.7. The minimum Gasteiger partial charge on any atom is -0.370 e. The minimum absolute atomic E-state index is 0.309. The molecule has 0 aliphatic heterocycles. The highest BCUT2D eigenvalue weighted by molar-refractivity contribution is 9.10. The first-order valence-corrected chi connectivity index (χ1v) is 6.86. The van der Waals surface area contributed by atoms with Crippen LogP contribution in [-0.4, -0.2) is 16.5 Å². The van der Waals surface area contributed by atoms with Crippen LogP contribution < -0.4 is 5.32 Å². The number of anilines is 1. The van der Waals surface area contributed by atoms with E-state index in [0.29, 0.717) is 15.9 Å². The van der Waals surface area contributed by atoms with Gasteiger partial charge in [-0.05, 0) is 39.0 Å². The Labute approximate surface area is 120 Å². The van der Waals surface area contributed by atoms with Crippen molar-refractivity contribution in [3.8, 4) is 11.4 Å². The third-order valence-electron chi connectivity index (χ3n) is 2.85. The van der Waals surface area contributed by atoms with Gasteiger partial charge in [-0.3, -0.25) is 0 Å². The second-order valence-electron chi connectivity index (χ2n) is 4.29. The van der Waals surface area contributed by atoms with Gasteiger partial charge >= 0.3 is 0 Å². The van der Waals surface area contributed by atoms with E-state index in [0.717, 1.165) is 23.6 Å². The van der Waals surface area contributed by atoms with Crippen LogP contribution in [0.4, 0.5) is 10.2 Å². The van der Waals surface area contributed by atoms with E-state index in [2.05, 4.69) is 31.2 Å². The summed E-state index contributed by atoms with van der Waals surface area (Å²) in [4.78, 5) is 8.90. The summed E-state index contributed by atoms with van der Waals surface area (Å²) in [6.45, 7) is 6.69. The zero-order valence-electron chi connectivity index (χ0n) is 11.1. The van der Waals surface area contributed by atoms with Gasteiger partial charge in [-0.15, -0.1) is 0 Å². The molecule has 0 atom stereocenters. The number of benzene rings is 1. The summed E-state index contributed by atoms with van der Waals surface area (Å²) in [6.07, 6.45) is 0. The fraction of sp³-hybridized carbons (Fsp3) is 0.286. The predicted molar refractivity (Wildman–Crippen MR) is 78.8 cm³/mol. The molecule has 19 heavy (non-hydrogen) atoms. The lowest BCUT2D eigenvalue weighted by Gasteiger charge is -2.11. The molecule has 0 bridgehead atoms.